The molecule has 2 aliphatic rings. The van der Waals surface area contributed by atoms with Gasteiger partial charge in [0.15, 0.2) is 0 Å². The third-order valence-corrected chi connectivity index (χ3v) is 3.59. The lowest BCUT2D eigenvalue weighted by molar-refractivity contribution is 0.0520. The highest BCUT2D eigenvalue weighted by atomic mass is 16.6. The summed E-state index contributed by atoms with van der Waals surface area (Å²) >= 11 is 0. The van der Waals surface area contributed by atoms with Crippen molar-refractivity contribution in [3.05, 3.63) is 0 Å². The van der Waals surface area contributed by atoms with E-state index in [0.717, 1.165) is 19.4 Å². The minimum atomic E-state index is -0.413. The van der Waals surface area contributed by atoms with Crippen molar-refractivity contribution in [3.63, 3.8) is 0 Å². The van der Waals surface area contributed by atoms with Gasteiger partial charge in [-0.05, 0) is 51.4 Å². The van der Waals surface area contributed by atoms with Crippen molar-refractivity contribution in [2.45, 2.75) is 51.7 Å². The first kappa shape index (κ1) is 11.7. The summed E-state index contributed by atoms with van der Waals surface area (Å²) in [6.07, 6.45) is 3.18. The standard InChI is InChI=1S/C12H22N2O2/c1-11(2,3)16-10(15)14-7-8-4-12(8)5-9(13)6-12/h8-9H,4-7,13H2,1-3H3,(H,14,15). The molecule has 1 unspecified atom stereocenters. The quantitative estimate of drug-likeness (QED) is 0.752. The van der Waals surface area contributed by atoms with Gasteiger partial charge in [-0.2, -0.15) is 0 Å². The lowest BCUT2D eigenvalue weighted by Crippen LogP contribution is -2.40. The van der Waals surface area contributed by atoms with Gasteiger partial charge in [0.25, 0.3) is 0 Å². The second kappa shape index (κ2) is 3.62. The third-order valence-electron chi connectivity index (χ3n) is 3.59. The first-order chi connectivity index (χ1) is 7.31. The predicted octanol–water partition coefficient (Wildman–Crippen LogP) is 1.64. The average molecular weight is 226 g/mol. The van der Waals surface area contributed by atoms with Crippen LogP contribution >= 0.6 is 0 Å². The molecule has 0 radical (unpaired) electrons. The molecule has 16 heavy (non-hydrogen) atoms. The second-order valence-corrected chi connectivity index (χ2v) is 6.31. The average Bonchev–Trinajstić information content (AvgIpc) is 2.72. The highest BCUT2D eigenvalue weighted by molar-refractivity contribution is 5.67. The molecule has 2 rings (SSSR count). The molecule has 2 fully saturated rings. The van der Waals surface area contributed by atoms with Gasteiger partial charge in [0.2, 0.25) is 0 Å². The van der Waals surface area contributed by atoms with Crippen molar-refractivity contribution >= 4 is 6.09 Å². The molecule has 3 N–H and O–H groups in total. The zero-order valence-corrected chi connectivity index (χ0v) is 10.4. The van der Waals surface area contributed by atoms with Crippen LogP contribution < -0.4 is 11.1 Å². The molecule has 0 heterocycles. The molecule has 1 amide bonds. The molecular formula is C12H22N2O2. The molecule has 0 aromatic carbocycles. The summed E-state index contributed by atoms with van der Waals surface area (Å²) in [6.45, 7) is 6.35. The fourth-order valence-electron chi connectivity index (χ4n) is 2.73. The Bertz CT molecular complexity index is 290. The normalized spacial score (nSPS) is 36.8. The van der Waals surface area contributed by atoms with Crippen molar-refractivity contribution in [2.75, 3.05) is 6.54 Å². The van der Waals surface area contributed by atoms with Crippen LogP contribution in [0.2, 0.25) is 0 Å². The topological polar surface area (TPSA) is 64.3 Å². The molecule has 0 aromatic rings. The summed E-state index contributed by atoms with van der Waals surface area (Å²) < 4.78 is 5.18. The van der Waals surface area contributed by atoms with Crippen molar-refractivity contribution in [1.82, 2.24) is 5.32 Å². The first-order valence-electron chi connectivity index (χ1n) is 6.03. The van der Waals surface area contributed by atoms with Crippen LogP contribution in [-0.4, -0.2) is 24.3 Å². The summed E-state index contributed by atoms with van der Waals surface area (Å²) in [5.41, 5.74) is 5.85. The highest BCUT2D eigenvalue weighted by Gasteiger charge is 2.60. The van der Waals surface area contributed by atoms with Gasteiger partial charge >= 0.3 is 6.09 Å². The maximum Gasteiger partial charge on any atom is 0.407 e. The number of carbonyl (C=O) groups excluding carboxylic acids is 1. The fraction of sp³-hybridized carbons (Fsp3) is 0.917. The van der Waals surface area contributed by atoms with E-state index in [4.69, 9.17) is 10.5 Å². The number of rotatable bonds is 2. The maximum atomic E-state index is 11.4. The fourth-order valence-corrected chi connectivity index (χ4v) is 2.73. The van der Waals surface area contributed by atoms with Crippen LogP contribution in [0.4, 0.5) is 4.79 Å². The van der Waals surface area contributed by atoms with Gasteiger partial charge in [0, 0.05) is 12.6 Å². The molecule has 0 aliphatic heterocycles. The van der Waals surface area contributed by atoms with E-state index in [1.807, 2.05) is 20.8 Å². The summed E-state index contributed by atoms with van der Waals surface area (Å²) in [6, 6.07) is 0.395. The Hall–Kier alpha value is -0.770. The molecule has 1 atom stereocenters. The molecule has 92 valence electrons. The van der Waals surface area contributed by atoms with Crippen molar-refractivity contribution in [3.8, 4) is 0 Å². The van der Waals surface area contributed by atoms with Crippen LogP contribution in [0.25, 0.3) is 0 Å². The highest BCUT2D eigenvalue weighted by Crippen LogP contribution is 2.64. The van der Waals surface area contributed by atoms with Crippen LogP contribution in [-0.2, 0) is 4.74 Å². The third kappa shape index (κ3) is 2.48. The summed E-state index contributed by atoms with van der Waals surface area (Å²) in [7, 11) is 0. The summed E-state index contributed by atoms with van der Waals surface area (Å²) in [4.78, 5) is 11.4. The second-order valence-electron chi connectivity index (χ2n) is 6.31. The zero-order valence-electron chi connectivity index (χ0n) is 10.4. The smallest absolute Gasteiger partial charge is 0.407 e. The van der Waals surface area contributed by atoms with Crippen molar-refractivity contribution in [1.29, 1.82) is 0 Å². The number of nitrogens with two attached hydrogens (primary N) is 1. The van der Waals surface area contributed by atoms with Gasteiger partial charge in [-0.15, -0.1) is 0 Å². The molecule has 4 heteroatoms. The van der Waals surface area contributed by atoms with Crippen LogP contribution in [0, 0.1) is 11.3 Å². The molecule has 0 saturated heterocycles. The van der Waals surface area contributed by atoms with Crippen LogP contribution in [0.15, 0.2) is 0 Å². The van der Waals surface area contributed by atoms with E-state index < -0.39 is 5.60 Å². The number of amides is 1. The van der Waals surface area contributed by atoms with Crippen molar-refractivity contribution < 1.29 is 9.53 Å². The van der Waals surface area contributed by atoms with E-state index in [-0.39, 0.29) is 6.09 Å². The van der Waals surface area contributed by atoms with Gasteiger partial charge in [-0.1, -0.05) is 0 Å². The van der Waals surface area contributed by atoms with E-state index >= 15 is 0 Å². The zero-order chi connectivity index (χ0) is 12.0. The predicted molar refractivity (Wildman–Crippen MR) is 62.0 cm³/mol. The van der Waals surface area contributed by atoms with Crippen LogP contribution in [0.1, 0.15) is 40.0 Å². The van der Waals surface area contributed by atoms with Crippen molar-refractivity contribution in [2.24, 2.45) is 17.1 Å². The summed E-state index contributed by atoms with van der Waals surface area (Å²) in [5, 5.41) is 2.84. The Morgan fingerprint density at radius 3 is 2.56 bits per heavy atom. The Morgan fingerprint density at radius 1 is 1.44 bits per heavy atom. The molecule has 0 aromatic heterocycles. The van der Waals surface area contributed by atoms with Gasteiger partial charge in [-0.3, -0.25) is 0 Å². The van der Waals surface area contributed by atoms with Crippen LogP contribution in [0.3, 0.4) is 0 Å². The number of alkyl carbamates (subject to hydrolysis) is 1. The van der Waals surface area contributed by atoms with E-state index in [1.54, 1.807) is 0 Å². The number of ether oxygens (including phenoxy) is 1. The molecule has 4 nitrogen and oxygen atoms in total. The van der Waals surface area contributed by atoms with Gasteiger partial charge < -0.3 is 15.8 Å². The van der Waals surface area contributed by atoms with E-state index in [2.05, 4.69) is 5.32 Å². The Morgan fingerprint density at radius 2 is 2.06 bits per heavy atom. The Labute approximate surface area is 96.9 Å². The van der Waals surface area contributed by atoms with Gasteiger partial charge in [0.05, 0.1) is 0 Å². The minimum Gasteiger partial charge on any atom is -0.444 e. The number of nitrogens with one attached hydrogen (secondary N) is 1. The largest absolute Gasteiger partial charge is 0.444 e. The lowest BCUT2D eigenvalue weighted by atomic mass is 9.76. The monoisotopic (exact) mass is 226 g/mol. The van der Waals surface area contributed by atoms with Crippen LogP contribution in [0.5, 0.6) is 0 Å². The minimum absolute atomic E-state index is 0.307. The van der Waals surface area contributed by atoms with E-state index in [1.165, 1.54) is 6.42 Å². The molecule has 1 spiro atoms. The Balaban J connectivity index is 1.65. The van der Waals surface area contributed by atoms with Gasteiger partial charge in [0.1, 0.15) is 5.60 Å². The molecular weight excluding hydrogens is 204 g/mol. The Kier molecular flexibility index (Phi) is 2.65. The SMILES string of the molecule is CC(C)(C)OC(=O)NCC1CC12CC(N)C2. The van der Waals surface area contributed by atoms with Gasteiger partial charge in [-0.25, -0.2) is 4.79 Å². The maximum absolute atomic E-state index is 11.4. The number of hydrogen-bond donors (Lipinski definition) is 2. The lowest BCUT2D eigenvalue weighted by Gasteiger charge is -2.34. The molecule has 2 aliphatic carbocycles. The number of hydrogen-bond acceptors (Lipinski definition) is 3. The first-order valence-corrected chi connectivity index (χ1v) is 6.03. The van der Waals surface area contributed by atoms with E-state index in [0.29, 0.717) is 17.4 Å². The van der Waals surface area contributed by atoms with E-state index in [9.17, 15) is 4.79 Å². The number of carbonyl (C=O) groups is 1. The molecule has 2 saturated carbocycles. The summed E-state index contributed by atoms with van der Waals surface area (Å²) in [5.74, 6) is 0.625. The molecule has 0 bridgehead atoms.